The second kappa shape index (κ2) is 15.1. The third-order valence-corrected chi connectivity index (χ3v) is 5.09. The Balaban J connectivity index is 2.84. The smallest absolute Gasteiger partial charge is 0.408 e. The van der Waals surface area contributed by atoms with E-state index in [1.54, 1.807) is 0 Å². The van der Waals surface area contributed by atoms with Gasteiger partial charge in [-0.3, -0.25) is 9.59 Å². The summed E-state index contributed by atoms with van der Waals surface area (Å²) in [5, 5.41) is 8.15. The van der Waals surface area contributed by atoms with Crippen molar-refractivity contribution in [2.45, 2.75) is 85.5 Å². The first kappa shape index (κ1) is 29.1. The average Bonchev–Trinajstić information content (AvgIpc) is 2.76. The predicted octanol–water partition coefficient (Wildman–Crippen LogP) is 3.59. The largest absolute Gasteiger partial charge is 0.445 e. The van der Waals surface area contributed by atoms with Gasteiger partial charge in [-0.05, 0) is 42.6 Å². The zero-order chi connectivity index (χ0) is 25.7. The summed E-state index contributed by atoms with van der Waals surface area (Å²) in [4.78, 5) is 49.7. The van der Waals surface area contributed by atoms with E-state index in [4.69, 9.17) is 4.74 Å². The Bertz CT molecular complexity index is 780. The number of aldehydes is 1. The molecule has 0 spiro atoms. The summed E-state index contributed by atoms with van der Waals surface area (Å²) in [6.07, 6.45) is 1.32. The standard InChI is InChI=1S/C26H41N3O5/c1-17(2)12-21(15-30)27-24(31)22(13-18(3)4)28-25(32)23(14-19(5)6)29-26(33)34-16-20-10-8-7-9-11-20/h7-11,15,17-19,21-23H,12-14,16H2,1-6H3,(H,27,31)(H,28,32)(H,29,33)/t21-,22+,23+/m0/s1. The molecule has 0 bridgehead atoms. The fourth-order valence-electron chi connectivity index (χ4n) is 3.52. The fourth-order valence-corrected chi connectivity index (χ4v) is 3.52. The minimum atomic E-state index is -0.858. The van der Waals surface area contributed by atoms with Crippen LogP contribution in [0.5, 0.6) is 0 Å². The van der Waals surface area contributed by atoms with Crippen LogP contribution in [0.2, 0.25) is 0 Å². The molecule has 0 fully saturated rings. The first-order valence-electron chi connectivity index (χ1n) is 12.0. The second-order valence-electron chi connectivity index (χ2n) is 9.96. The van der Waals surface area contributed by atoms with E-state index in [-0.39, 0.29) is 24.4 Å². The third-order valence-electron chi connectivity index (χ3n) is 5.09. The fraction of sp³-hybridized carbons (Fsp3) is 0.615. The summed E-state index contributed by atoms with van der Waals surface area (Å²) < 4.78 is 5.26. The van der Waals surface area contributed by atoms with E-state index in [0.717, 1.165) is 11.8 Å². The van der Waals surface area contributed by atoms with Crippen LogP contribution in [0.15, 0.2) is 30.3 Å². The molecule has 0 saturated carbocycles. The lowest BCUT2D eigenvalue weighted by Crippen LogP contribution is -2.55. The van der Waals surface area contributed by atoms with Gasteiger partial charge in [0.15, 0.2) is 0 Å². The van der Waals surface area contributed by atoms with Gasteiger partial charge in [0.2, 0.25) is 11.8 Å². The Morgan fingerprint density at radius 3 is 1.76 bits per heavy atom. The lowest BCUT2D eigenvalue weighted by molar-refractivity contribution is -0.131. The highest BCUT2D eigenvalue weighted by Gasteiger charge is 2.29. The summed E-state index contributed by atoms with van der Waals surface area (Å²) in [7, 11) is 0. The quantitative estimate of drug-likeness (QED) is 0.356. The first-order valence-corrected chi connectivity index (χ1v) is 12.0. The number of benzene rings is 1. The number of carbonyl (C=O) groups is 4. The van der Waals surface area contributed by atoms with Crippen LogP contribution in [0.4, 0.5) is 4.79 Å². The number of hydrogen-bond acceptors (Lipinski definition) is 5. The maximum absolute atomic E-state index is 13.1. The van der Waals surface area contributed by atoms with E-state index in [1.165, 1.54) is 0 Å². The van der Waals surface area contributed by atoms with Gasteiger partial charge in [-0.1, -0.05) is 71.9 Å². The van der Waals surface area contributed by atoms with Crippen LogP contribution in [0.25, 0.3) is 0 Å². The number of rotatable bonds is 14. The molecule has 8 heteroatoms. The summed E-state index contributed by atoms with van der Waals surface area (Å²) >= 11 is 0. The molecule has 0 heterocycles. The molecule has 0 aromatic heterocycles. The van der Waals surface area contributed by atoms with Crippen molar-refractivity contribution in [3.8, 4) is 0 Å². The van der Waals surface area contributed by atoms with Gasteiger partial charge >= 0.3 is 6.09 Å². The van der Waals surface area contributed by atoms with Gasteiger partial charge in [-0.2, -0.15) is 0 Å². The molecule has 3 amide bonds. The Kier molecular flexibility index (Phi) is 12.9. The first-order chi connectivity index (χ1) is 16.0. The van der Waals surface area contributed by atoms with Gasteiger partial charge in [-0.25, -0.2) is 4.79 Å². The van der Waals surface area contributed by atoms with Gasteiger partial charge in [0.25, 0.3) is 0 Å². The predicted molar refractivity (Wildman–Crippen MR) is 132 cm³/mol. The molecule has 0 aliphatic rings. The highest BCUT2D eigenvalue weighted by atomic mass is 16.5. The second-order valence-corrected chi connectivity index (χ2v) is 9.96. The van der Waals surface area contributed by atoms with E-state index < -0.39 is 36.0 Å². The number of ether oxygens (including phenoxy) is 1. The summed E-state index contributed by atoms with van der Waals surface area (Å²) in [5.41, 5.74) is 0.835. The van der Waals surface area contributed by atoms with Gasteiger partial charge in [0.1, 0.15) is 25.0 Å². The van der Waals surface area contributed by atoms with Crippen LogP contribution in [-0.4, -0.2) is 42.3 Å². The van der Waals surface area contributed by atoms with Crippen LogP contribution in [0, 0.1) is 17.8 Å². The molecule has 0 saturated heterocycles. The molecule has 1 rings (SSSR count). The van der Waals surface area contributed by atoms with E-state index in [1.807, 2.05) is 71.9 Å². The molecule has 190 valence electrons. The highest BCUT2D eigenvalue weighted by molar-refractivity contribution is 5.92. The lowest BCUT2D eigenvalue weighted by atomic mass is 9.99. The maximum Gasteiger partial charge on any atom is 0.408 e. The summed E-state index contributed by atoms with van der Waals surface area (Å²) in [5.74, 6) is -0.390. The number of alkyl carbamates (subject to hydrolysis) is 1. The van der Waals surface area contributed by atoms with E-state index in [9.17, 15) is 19.2 Å². The SMILES string of the molecule is CC(C)C[C@@H](C=O)NC(=O)[C@@H](CC(C)C)NC(=O)[C@@H](CC(C)C)NC(=O)OCc1ccccc1. The van der Waals surface area contributed by atoms with E-state index >= 15 is 0 Å². The van der Waals surface area contributed by atoms with Crippen LogP contribution in [0.1, 0.15) is 66.4 Å². The number of hydrogen-bond donors (Lipinski definition) is 3. The van der Waals surface area contributed by atoms with Crippen molar-refractivity contribution in [2.75, 3.05) is 0 Å². The normalized spacial score (nSPS) is 13.8. The molecular weight excluding hydrogens is 434 g/mol. The molecule has 1 aromatic carbocycles. The molecule has 0 aliphatic heterocycles. The van der Waals surface area contributed by atoms with Gasteiger partial charge in [0, 0.05) is 0 Å². The van der Waals surface area contributed by atoms with Crippen LogP contribution < -0.4 is 16.0 Å². The van der Waals surface area contributed by atoms with E-state index in [0.29, 0.717) is 19.3 Å². The van der Waals surface area contributed by atoms with Crippen molar-refractivity contribution in [2.24, 2.45) is 17.8 Å². The van der Waals surface area contributed by atoms with Crippen molar-refractivity contribution in [1.29, 1.82) is 0 Å². The molecule has 0 aliphatic carbocycles. The highest BCUT2D eigenvalue weighted by Crippen LogP contribution is 2.11. The van der Waals surface area contributed by atoms with Gasteiger partial charge in [0.05, 0.1) is 6.04 Å². The Morgan fingerprint density at radius 1 is 0.765 bits per heavy atom. The third kappa shape index (κ3) is 11.8. The molecule has 3 N–H and O–H groups in total. The number of carbonyl (C=O) groups excluding carboxylic acids is 4. The average molecular weight is 476 g/mol. The monoisotopic (exact) mass is 475 g/mol. The molecule has 34 heavy (non-hydrogen) atoms. The topological polar surface area (TPSA) is 114 Å². The molecule has 8 nitrogen and oxygen atoms in total. The molecular formula is C26H41N3O5. The van der Waals surface area contributed by atoms with Crippen LogP contribution >= 0.6 is 0 Å². The number of amides is 3. The van der Waals surface area contributed by atoms with Crippen molar-refractivity contribution < 1.29 is 23.9 Å². The molecule has 3 atom stereocenters. The molecule has 1 aromatic rings. The molecule has 0 unspecified atom stereocenters. The minimum Gasteiger partial charge on any atom is -0.445 e. The van der Waals surface area contributed by atoms with Crippen molar-refractivity contribution in [3.05, 3.63) is 35.9 Å². The maximum atomic E-state index is 13.1. The van der Waals surface area contributed by atoms with Crippen molar-refractivity contribution >= 4 is 24.2 Å². The van der Waals surface area contributed by atoms with Crippen LogP contribution in [-0.2, 0) is 25.7 Å². The van der Waals surface area contributed by atoms with Gasteiger partial charge in [-0.15, -0.1) is 0 Å². The minimum absolute atomic E-state index is 0.0873. The zero-order valence-corrected chi connectivity index (χ0v) is 21.3. The van der Waals surface area contributed by atoms with Crippen molar-refractivity contribution in [1.82, 2.24) is 16.0 Å². The Labute approximate surface area is 203 Å². The van der Waals surface area contributed by atoms with Crippen LogP contribution in [0.3, 0.4) is 0 Å². The molecule has 0 radical (unpaired) electrons. The van der Waals surface area contributed by atoms with Crippen molar-refractivity contribution in [3.63, 3.8) is 0 Å². The zero-order valence-electron chi connectivity index (χ0n) is 21.3. The summed E-state index contributed by atoms with van der Waals surface area (Å²) in [6, 6.07) is 6.96. The Morgan fingerprint density at radius 2 is 1.26 bits per heavy atom. The van der Waals surface area contributed by atoms with Gasteiger partial charge < -0.3 is 25.5 Å². The number of nitrogens with one attached hydrogen (secondary N) is 3. The summed E-state index contributed by atoms with van der Waals surface area (Å²) in [6.45, 7) is 11.8. The lowest BCUT2D eigenvalue weighted by Gasteiger charge is -2.26. The van der Waals surface area contributed by atoms with E-state index in [2.05, 4.69) is 16.0 Å². The Hall–Kier alpha value is -2.90.